The summed E-state index contributed by atoms with van der Waals surface area (Å²) in [7, 11) is 0. The number of rotatable bonds is 6. The van der Waals surface area contributed by atoms with Crippen LogP contribution in [0.3, 0.4) is 0 Å². The Balaban J connectivity index is 1.70. The molecule has 2 amide bonds. The summed E-state index contributed by atoms with van der Waals surface area (Å²) in [5, 5.41) is 6.67. The molecule has 0 saturated heterocycles. The van der Waals surface area contributed by atoms with Crippen molar-refractivity contribution in [1.29, 1.82) is 0 Å². The molecule has 36 heavy (non-hydrogen) atoms. The summed E-state index contributed by atoms with van der Waals surface area (Å²) in [5.41, 5.74) is 5.20. The summed E-state index contributed by atoms with van der Waals surface area (Å²) in [6.45, 7) is 0.832. The SMILES string of the molecule is O=C1NCCc2nc(Cc3ccccc3)c(C(=O)NCc3ccccc3)c(-c3ccc(Cl)c(Cl)c3)c21. The van der Waals surface area contributed by atoms with Crippen molar-refractivity contribution in [2.45, 2.75) is 19.4 Å². The quantitative estimate of drug-likeness (QED) is 0.337. The lowest BCUT2D eigenvalue weighted by Gasteiger charge is -2.24. The number of halogens is 2. The van der Waals surface area contributed by atoms with E-state index in [1.54, 1.807) is 18.2 Å². The predicted octanol–water partition coefficient (Wildman–Crippen LogP) is 5.86. The lowest BCUT2D eigenvalue weighted by atomic mass is 9.88. The lowest BCUT2D eigenvalue weighted by Crippen LogP contribution is -2.35. The zero-order chi connectivity index (χ0) is 25.1. The first kappa shape index (κ1) is 24.0. The zero-order valence-corrected chi connectivity index (χ0v) is 20.9. The van der Waals surface area contributed by atoms with E-state index >= 15 is 0 Å². The molecule has 0 radical (unpaired) electrons. The third-order valence-electron chi connectivity index (χ3n) is 6.17. The van der Waals surface area contributed by atoms with E-state index in [4.69, 9.17) is 28.2 Å². The summed E-state index contributed by atoms with van der Waals surface area (Å²) in [5.74, 6) is -0.562. The standard InChI is InChI=1S/C29H23Cl2N3O2/c30-21-12-11-20(16-22(21)31)25-26-23(13-14-32-28(26)35)34-24(15-18-7-3-1-4-8-18)27(25)29(36)33-17-19-9-5-2-6-10-19/h1-12,16H,13-15,17H2,(H,32,35)(H,33,36). The first-order valence-electron chi connectivity index (χ1n) is 11.7. The fraction of sp³-hybridized carbons (Fsp3) is 0.138. The third kappa shape index (κ3) is 4.99. The molecule has 0 fully saturated rings. The van der Waals surface area contributed by atoms with Gasteiger partial charge < -0.3 is 10.6 Å². The molecule has 0 spiro atoms. The van der Waals surface area contributed by atoms with Crippen LogP contribution in [0.2, 0.25) is 10.0 Å². The minimum atomic E-state index is -0.306. The van der Waals surface area contributed by atoms with Crippen LogP contribution in [0.15, 0.2) is 78.9 Å². The Morgan fingerprint density at radius 2 is 1.58 bits per heavy atom. The molecular weight excluding hydrogens is 493 g/mol. The van der Waals surface area contributed by atoms with Gasteiger partial charge >= 0.3 is 0 Å². The number of aromatic nitrogens is 1. The molecule has 1 aromatic heterocycles. The van der Waals surface area contributed by atoms with Gasteiger partial charge in [0, 0.05) is 31.5 Å². The van der Waals surface area contributed by atoms with Crippen LogP contribution < -0.4 is 10.6 Å². The average molecular weight is 516 g/mol. The van der Waals surface area contributed by atoms with E-state index in [0.717, 1.165) is 11.1 Å². The van der Waals surface area contributed by atoms with Gasteiger partial charge in [-0.1, -0.05) is 89.9 Å². The number of carbonyl (C=O) groups is 2. The average Bonchev–Trinajstić information content (AvgIpc) is 2.89. The molecule has 2 heterocycles. The zero-order valence-electron chi connectivity index (χ0n) is 19.4. The fourth-order valence-electron chi connectivity index (χ4n) is 4.47. The number of nitrogens with one attached hydrogen (secondary N) is 2. The summed E-state index contributed by atoms with van der Waals surface area (Å²) < 4.78 is 0. The van der Waals surface area contributed by atoms with Gasteiger partial charge in [-0.3, -0.25) is 14.6 Å². The number of pyridine rings is 1. The van der Waals surface area contributed by atoms with E-state index in [9.17, 15) is 9.59 Å². The maximum Gasteiger partial charge on any atom is 0.254 e. The van der Waals surface area contributed by atoms with E-state index in [1.165, 1.54) is 0 Å². The molecule has 7 heteroatoms. The Bertz CT molecular complexity index is 1440. The smallest absolute Gasteiger partial charge is 0.254 e. The Morgan fingerprint density at radius 3 is 2.28 bits per heavy atom. The van der Waals surface area contributed by atoms with E-state index in [-0.39, 0.29) is 11.8 Å². The predicted molar refractivity (Wildman–Crippen MR) is 143 cm³/mol. The Morgan fingerprint density at radius 1 is 0.889 bits per heavy atom. The van der Waals surface area contributed by atoms with Gasteiger partial charge in [0.25, 0.3) is 11.8 Å². The molecule has 0 unspecified atom stereocenters. The molecule has 5 rings (SSSR count). The van der Waals surface area contributed by atoms with Crippen molar-refractivity contribution in [3.05, 3.63) is 123 Å². The topological polar surface area (TPSA) is 71.1 Å². The van der Waals surface area contributed by atoms with Crippen molar-refractivity contribution in [3.63, 3.8) is 0 Å². The number of amides is 2. The van der Waals surface area contributed by atoms with Gasteiger partial charge in [0.2, 0.25) is 0 Å². The molecule has 0 atom stereocenters. The summed E-state index contributed by atoms with van der Waals surface area (Å²) in [6, 6.07) is 24.7. The summed E-state index contributed by atoms with van der Waals surface area (Å²) in [4.78, 5) is 31.8. The van der Waals surface area contributed by atoms with Gasteiger partial charge in [0.05, 0.1) is 32.6 Å². The van der Waals surface area contributed by atoms with Crippen LogP contribution in [0.1, 0.15) is 43.2 Å². The molecule has 4 aromatic rings. The van der Waals surface area contributed by atoms with Crippen molar-refractivity contribution < 1.29 is 9.59 Å². The van der Waals surface area contributed by atoms with Gasteiger partial charge in [-0.05, 0) is 28.8 Å². The molecule has 2 N–H and O–H groups in total. The van der Waals surface area contributed by atoms with Gasteiger partial charge in [0.1, 0.15) is 0 Å². The van der Waals surface area contributed by atoms with Crippen molar-refractivity contribution in [1.82, 2.24) is 15.6 Å². The number of carbonyl (C=O) groups excluding carboxylic acids is 2. The minimum Gasteiger partial charge on any atom is -0.352 e. The van der Waals surface area contributed by atoms with Crippen LogP contribution >= 0.6 is 23.2 Å². The van der Waals surface area contributed by atoms with E-state index in [1.807, 2.05) is 60.7 Å². The monoisotopic (exact) mass is 515 g/mol. The largest absolute Gasteiger partial charge is 0.352 e. The van der Waals surface area contributed by atoms with Gasteiger partial charge in [-0.2, -0.15) is 0 Å². The van der Waals surface area contributed by atoms with Crippen LogP contribution in [0.25, 0.3) is 11.1 Å². The molecular formula is C29H23Cl2N3O2. The van der Waals surface area contributed by atoms with Crippen molar-refractivity contribution in [2.24, 2.45) is 0 Å². The third-order valence-corrected chi connectivity index (χ3v) is 6.91. The van der Waals surface area contributed by atoms with Crippen LogP contribution in [0, 0.1) is 0 Å². The molecule has 5 nitrogen and oxygen atoms in total. The number of fused-ring (bicyclic) bond motifs is 1. The highest BCUT2D eigenvalue weighted by Crippen LogP contribution is 2.36. The van der Waals surface area contributed by atoms with E-state index in [0.29, 0.717) is 69.6 Å². The Hall–Kier alpha value is -3.67. The van der Waals surface area contributed by atoms with Crippen LogP contribution in [-0.2, 0) is 19.4 Å². The molecule has 0 saturated carbocycles. The highest BCUT2D eigenvalue weighted by molar-refractivity contribution is 6.42. The minimum absolute atomic E-state index is 0.256. The second kappa shape index (κ2) is 10.5. The number of nitrogens with zero attached hydrogens (tertiary/aromatic N) is 1. The van der Waals surface area contributed by atoms with Crippen molar-refractivity contribution in [3.8, 4) is 11.1 Å². The lowest BCUT2D eigenvalue weighted by molar-refractivity contribution is 0.0945. The molecule has 0 bridgehead atoms. The van der Waals surface area contributed by atoms with Gasteiger partial charge in [-0.25, -0.2) is 0 Å². The van der Waals surface area contributed by atoms with Crippen LogP contribution in [0.5, 0.6) is 0 Å². The van der Waals surface area contributed by atoms with Gasteiger partial charge in [-0.15, -0.1) is 0 Å². The number of hydrogen-bond donors (Lipinski definition) is 2. The maximum atomic E-state index is 13.8. The molecule has 1 aliphatic heterocycles. The van der Waals surface area contributed by atoms with E-state index in [2.05, 4.69) is 10.6 Å². The van der Waals surface area contributed by atoms with Gasteiger partial charge in [0.15, 0.2) is 0 Å². The molecule has 3 aromatic carbocycles. The molecule has 180 valence electrons. The normalized spacial score (nSPS) is 12.6. The number of hydrogen-bond acceptors (Lipinski definition) is 3. The van der Waals surface area contributed by atoms with Crippen molar-refractivity contribution in [2.75, 3.05) is 6.54 Å². The molecule has 1 aliphatic rings. The summed E-state index contributed by atoms with van der Waals surface area (Å²) >= 11 is 12.6. The fourth-order valence-corrected chi connectivity index (χ4v) is 4.76. The molecule has 0 aliphatic carbocycles. The highest BCUT2D eigenvalue weighted by Gasteiger charge is 2.30. The van der Waals surface area contributed by atoms with Crippen LogP contribution in [0.4, 0.5) is 0 Å². The second-order valence-electron chi connectivity index (χ2n) is 8.60. The van der Waals surface area contributed by atoms with Crippen molar-refractivity contribution >= 4 is 35.0 Å². The second-order valence-corrected chi connectivity index (χ2v) is 9.41. The number of benzene rings is 3. The van der Waals surface area contributed by atoms with E-state index < -0.39 is 0 Å². The Kier molecular flexibility index (Phi) is 7.03. The first-order chi connectivity index (χ1) is 17.5. The first-order valence-corrected chi connectivity index (χ1v) is 12.4. The Labute approximate surface area is 219 Å². The summed E-state index contributed by atoms with van der Waals surface area (Å²) in [6.07, 6.45) is 1.02. The highest BCUT2D eigenvalue weighted by atomic mass is 35.5. The van der Waals surface area contributed by atoms with Crippen LogP contribution in [-0.4, -0.2) is 23.3 Å². The maximum absolute atomic E-state index is 13.8.